The predicted molar refractivity (Wildman–Crippen MR) is 97.6 cm³/mol. The van der Waals surface area contributed by atoms with Crippen molar-refractivity contribution >= 4 is 17.7 Å². The quantitative estimate of drug-likeness (QED) is 0.861. The van der Waals surface area contributed by atoms with E-state index in [-0.39, 0.29) is 17.0 Å². The van der Waals surface area contributed by atoms with Crippen LogP contribution in [0, 0.1) is 6.92 Å². The maximum absolute atomic E-state index is 12.6. The van der Waals surface area contributed by atoms with Crippen LogP contribution in [0.25, 0.3) is 0 Å². The SMILES string of the molecule is Cc1cccc(SC2CCN(C(=O)c3cccn(C)c3=O)CC2)c1. The minimum Gasteiger partial charge on any atom is -0.338 e. The van der Waals surface area contributed by atoms with E-state index in [1.165, 1.54) is 15.0 Å². The molecular weight excluding hydrogens is 320 g/mol. The van der Waals surface area contributed by atoms with E-state index in [0.29, 0.717) is 18.3 Å². The number of pyridine rings is 1. The van der Waals surface area contributed by atoms with E-state index in [1.54, 1.807) is 25.4 Å². The number of hydrogen-bond donors (Lipinski definition) is 0. The molecule has 2 aromatic rings. The van der Waals surface area contributed by atoms with E-state index >= 15 is 0 Å². The highest BCUT2D eigenvalue weighted by molar-refractivity contribution is 8.00. The molecule has 1 aromatic heterocycles. The molecule has 0 aliphatic carbocycles. The van der Waals surface area contributed by atoms with E-state index in [0.717, 1.165) is 12.8 Å². The third kappa shape index (κ3) is 3.73. The number of carbonyl (C=O) groups is 1. The fraction of sp³-hybridized carbons (Fsp3) is 0.368. The number of piperidine rings is 1. The topological polar surface area (TPSA) is 42.3 Å². The molecule has 1 saturated heterocycles. The van der Waals surface area contributed by atoms with Gasteiger partial charge in [0.1, 0.15) is 5.56 Å². The lowest BCUT2D eigenvalue weighted by Crippen LogP contribution is -2.41. The van der Waals surface area contributed by atoms with Crippen LogP contribution in [-0.4, -0.2) is 33.7 Å². The number of amides is 1. The molecule has 4 nitrogen and oxygen atoms in total. The Balaban J connectivity index is 1.61. The van der Waals surface area contributed by atoms with Crippen molar-refractivity contribution in [2.45, 2.75) is 29.9 Å². The lowest BCUT2D eigenvalue weighted by atomic mass is 10.1. The largest absolute Gasteiger partial charge is 0.338 e. The van der Waals surface area contributed by atoms with Crippen molar-refractivity contribution in [2.24, 2.45) is 7.05 Å². The molecule has 1 fully saturated rings. The molecule has 0 spiro atoms. The number of aryl methyl sites for hydroxylation is 2. The molecule has 5 heteroatoms. The van der Waals surface area contributed by atoms with Crippen molar-refractivity contribution in [2.75, 3.05) is 13.1 Å². The molecule has 1 aliphatic rings. The first-order valence-electron chi connectivity index (χ1n) is 8.23. The monoisotopic (exact) mass is 342 g/mol. The molecule has 0 N–H and O–H groups in total. The first-order valence-corrected chi connectivity index (χ1v) is 9.11. The lowest BCUT2D eigenvalue weighted by Gasteiger charge is -2.31. The van der Waals surface area contributed by atoms with Crippen LogP contribution in [0.3, 0.4) is 0 Å². The summed E-state index contributed by atoms with van der Waals surface area (Å²) in [4.78, 5) is 27.8. The number of aromatic nitrogens is 1. The van der Waals surface area contributed by atoms with E-state index in [2.05, 4.69) is 31.2 Å². The van der Waals surface area contributed by atoms with E-state index in [1.807, 2.05) is 16.7 Å². The van der Waals surface area contributed by atoms with Crippen LogP contribution in [-0.2, 0) is 7.05 Å². The van der Waals surface area contributed by atoms with Gasteiger partial charge in [-0.05, 0) is 44.0 Å². The number of nitrogens with zero attached hydrogens (tertiary/aromatic N) is 2. The van der Waals surface area contributed by atoms with Gasteiger partial charge in [0.15, 0.2) is 0 Å². The summed E-state index contributed by atoms with van der Waals surface area (Å²) in [5, 5.41) is 0.523. The van der Waals surface area contributed by atoms with Crippen LogP contribution < -0.4 is 5.56 Å². The van der Waals surface area contributed by atoms with Crippen molar-refractivity contribution in [1.82, 2.24) is 9.47 Å². The van der Waals surface area contributed by atoms with Crippen LogP contribution in [0.15, 0.2) is 52.3 Å². The first kappa shape index (κ1) is 16.8. The highest BCUT2D eigenvalue weighted by atomic mass is 32.2. The summed E-state index contributed by atoms with van der Waals surface area (Å²) in [6.07, 6.45) is 3.58. The zero-order chi connectivity index (χ0) is 17.1. The number of thioether (sulfide) groups is 1. The van der Waals surface area contributed by atoms with E-state index in [4.69, 9.17) is 0 Å². The van der Waals surface area contributed by atoms with Gasteiger partial charge in [0, 0.05) is 36.5 Å². The highest BCUT2D eigenvalue weighted by Crippen LogP contribution is 2.31. The van der Waals surface area contributed by atoms with Crippen molar-refractivity contribution in [3.8, 4) is 0 Å². The van der Waals surface area contributed by atoms with Gasteiger partial charge in [-0.15, -0.1) is 11.8 Å². The van der Waals surface area contributed by atoms with Gasteiger partial charge >= 0.3 is 0 Å². The fourth-order valence-electron chi connectivity index (χ4n) is 2.99. The Morgan fingerprint density at radius 2 is 1.92 bits per heavy atom. The third-order valence-electron chi connectivity index (χ3n) is 4.38. The summed E-state index contributed by atoms with van der Waals surface area (Å²) >= 11 is 1.89. The Labute approximate surface area is 146 Å². The summed E-state index contributed by atoms with van der Waals surface area (Å²) in [7, 11) is 1.67. The Bertz CT molecular complexity index is 792. The van der Waals surface area contributed by atoms with Crippen molar-refractivity contribution in [3.63, 3.8) is 0 Å². The third-order valence-corrected chi connectivity index (χ3v) is 5.71. The Morgan fingerprint density at radius 1 is 1.17 bits per heavy atom. The molecule has 0 unspecified atom stereocenters. The molecular formula is C19H22N2O2S. The van der Waals surface area contributed by atoms with Crippen LogP contribution in [0.5, 0.6) is 0 Å². The zero-order valence-corrected chi connectivity index (χ0v) is 14.9. The van der Waals surface area contributed by atoms with Gasteiger partial charge in [0.05, 0.1) is 0 Å². The molecule has 24 heavy (non-hydrogen) atoms. The van der Waals surface area contributed by atoms with Crippen molar-refractivity contribution in [3.05, 3.63) is 64.1 Å². The lowest BCUT2D eigenvalue weighted by molar-refractivity contribution is 0.0725. The van der Waals surface area contributed by atoms with Gasteiger partial charge in [-0.3, -0.25) is 9.59 Å². The molecule has 0 atom stereocenters. The molecule has 2 heterocycles. The minimum atomic E-state index is -0.223. The van der Waals surface area contributed by atoms with Gasteiger partial charge in [0.25, 0.3) is 11.5 Å². The molecule has 1 amide bonds. The standard InChI is InChI=1S/C19H22N2O2S/c1-14-5-3-6-16(13-14)24-15-8-11-21(12-9-15)19(23)17-7-4-10-20(2)18(17)22/h3-7,10,13,15H,8-9,11-12H2,1-2H3. The molecule has 1 aliphatic heterocycles. The van der Waals surface area contributed by atoms with E-state index in [9.17, 15) is 9.59 Å². The summed E-state index contributed by atoms with van der Waals surface area (Å²) in [5.74, 6) is -0.143. The average Bonchev–Trinajstić information content (AvgIpc) is 2.57. The predicted octanol–water partition coefficient (Wildman–Crippen LogP) is 3.09. The van der Waals surface area contributed by atoms with Gasteiger partial charge in [-0.25, -0.2) is 0 Å². The second-order valence-corrected chi connectivity index (χ2v) is 7.64. The van der Waals surface area contributed by atoms with E-state index < -0.39 is 0 Å². The summed E-state index contributed by atoms with van der Waals surface area (Å²) in [6.45, 7) is 3.52. The minimum absolute atomic E-state index is 0.143. The fourth-order valence-corrected chi connectivity index (χ4v) is 4.23. The van der Waals surface area contributed by atoms with Crippen LogP contribution in [0.2, 0.25) is 0 Å². The maximum Gasteiger partial charge on any atom is 0.263 e. The molecule has 0 bridgehead atoms. The number of hydrogen-bond acceptors (Lipinski definition) is 3. The highest BCUT2D eigenvalue weighted by Gasteiger charge is 2.25. The maximum atomic E-state index is 12.6. The Hall–Kier alpha value is -2.01. The summed E-state index contributed by atoms with van der Waals surface area (Å²) < 4.78 is 1.45. The van der Waals surface area contributed by atoms with Gasteiger partial charge in [0.2, 0.25) is 0 Å². The van der Waals surface area contributed by atoms with Gasteiger partial charge in [-0.1, -0.05) is 17.7 Å². The second-order valence-electron chi connectivity index (χ2n) is 6.26. The normalized spacial score (nSPS) is 15.5. The molecule has 0 saturated carbocycles. The number of rotatable bonds is 3. The zero-order valence-electron chi connectivity index (χ0n) is 14.1. The Kier molecular flexibility index (Phi) is 5.09. The number of likely N-dealkylation sites (tertiary alicyclic amines) is 1. The van der Waals surface area contributed by atoms with Crippen LogP contribution in [0.1, 0.15) is 28.8 Å². The smallest absolute Gasteiger partial charge is 0.263 e. The van der Waals surface area contributed by atoms with Crippen LogP contribution in [0.4, 0.5) is 0 Å². The molecule has 0 radical (unpaired) electrons. The summed E-state index contributed by atoms with van der Waals surface area (Å²) in [5.41, 5.74) is 1.32. The molecule has 1 aromatic carbocycles. The van der Waals surface area contributed by atoms with Gasteiger partial charge < -0.3 is 9.47 Å². The summed E-state index contributed by atoms with van der Waals surface area (Å²) in [6, 6.07) is 11.9. The number of benzene rings is 1. The molecule has 126 valence electrons. The number of carbonyl (C=O) groups excluding carboxylic acids is 1. The Morgan fingerprint density at radius 3 is 2.62 bits per heavy atom. The molecule has 3 rings (SSSR count). The van der Waals surface area contributed by atoms with Crippen LogP contribution >= 0.6 is 11.8 Å². The average molecular weight is 342 g/mol. The first-order chi connectivity index (χ1) is 11.5. The van der Waals surface area contributed by atoms with Crippen molar-refractivity contribution < 1.29 is 4.79 Å². The van der Waals surface area contributed by atoms with Crippen molar-refractivity contribution in [1.29, 1.82) is 0 Å². The second kappa shape index (κ2) is 7.26. The van der Waals surface area contributed by atoms with Gasteiger partial charge in [-0.2, -0.15) is 0 Å².